The Morgan fingerprint density at radius 3 is 2.72 bits per heavy atom. The average molecular weight is 438 g/mol. The van der Waals surface area contributed by atoms with Gasteiger partial charge < -0.3 is 15.2 Å². The minimum atomic E-state index is -0.921. The summed E-state index contributed by atoms with van der Waals surface area (Å²) in [4.78, 5) is 39.2. The van der Waals surface area contributed by atoms with Crippen molar-refractivity contribution in [2.45, 2.75) is 51.9 Å². The smallest absolute Gasteiger partial charge is 0.325 e. The highest BCUT2D eigenvalue weighted by molar-refractivity contribution is 6.08. The number of amides is 4. The number of nitrogens with one attached hydrogen (secondary N) is 2. The number of imide groups is 1. The summed E-state index contributed by atoms with van der Waals surface area (Å²) >= 11 is 0. The average Bonchev–Trinajstić information content (AvgIpc) is 3.39. The number of hydrazone groups is 1. The van der Waals surface area contributed by atoms with Gasteiger partial charge in [-0.3, -0.25) is 14.6 Å². The van der Waals surface area contributed by atoms with E-state index in [-0.39, 0.29) is 12.3 Å². The third-order valence-corrected chi connectivity index (χ3v) is 5.78. The topological polar surface area (TPSA) is 120 Å². The molecule has 1 fully saturated rings. The summed E-state index contributed by atoms with van der Waals surface area (Å²) in [5.41, 5.74) is 1.74. The maximum Gasteiger partial charge on any atom is 0.325 e. The summed E-state index contributed by atoms with van der Waals surface area (Å²) in [7, 11) is 0. The molecule has 2 aromatic rings. The van der Waals surface area contributed by atoms with Crippen molar-refractivity contribution in [3.8, 4) is 0 Å². The first-order valence-corrected chi connectivity index (χ1v) is 10.4. The van der Waals surface area contributed by atoms with Crippen LogP contribution in [0.15, 0.2) is 40.0 Å². The van der Waals surface area contributed by atoms with Crippen LogP contribution in [0.4, 0.5) is 4.79 Å². The number of benzene rings is 1. The maximum absolute atomic E-state index is 13.0. The van der Waals surface area contributed by atoms with Crippen LogP contribution in [0.2, 0.25) is 0 Å². The molecule has 0 spiro atoms. The van der Waals surface area contributed by atoms with Crippen molar-refractivity contribution in [1.82, 2.24) is 25.7 Å². The van der Waals surface area contributed by atoms with Crippen molar-refractivity contribution in [3.63, 3.8) is 0 Å². The molecule has 2 unspecified atom stereocenters. The van der Waals surface area contributed by atoms with Crippen LogP contribution >= 0.6 is 0 Å². The second-order valence-corrected chi connectivity index (χ2v) is 8.37. The summed E-state index contributed by atoms with van der Waals surface area (Å²) in [5.74, 6) is -0.0273. The minimum Gasteiger partial charge on any atom is -0.361 e. The summed E-state index contributed by atoms with van der Waals surface area (Å²) in [5, 5.41) is 15.5. The lowest BCUT2D eigenvalue weighted by molar-refractivity contribution is -0.132. The molecular weight excluding hydrogens is 412 g/mol. The first kappa shape index (κ1) is 21.5. The van der Waals surface area contributed by atoms with Crippen LogP contribution < -0.4 is 10.6 Å². The van der Waals surface area contributed by atoms with Gasteiger partial charge in [-0.15, -0.1) is 0 Å². The lowest BCUT2D eigenvalue weighted by Crippen LogP contribution is -2.54. The number of carbonyl (C=O) groups excluding carboxylic acids is 3. The van der Waals surface area contributed by atoms with E-state index in [0.29, 0.717) is 25.4 Å². The molecule has 3 heterocycles. The fourth-order valence-corrected chi connectivity index (χ4v) is 4.00. The molecule has 32 heavy (non-hydrogen) atoms. The predicted molar refractivity (Wildman–Crippen MR) is 115 cm³/mol. The standard InChI is InChI=1S/C22H26N6O4/c1-14-17(15(2)32-26-14)11-27-13-22(3,12-24-27)28-20(30)18(25-21(28)31)9-19(29)23-10-16-7-5-4-6-8-16/h4-8,12,18H,9-11,13H2,1-3H3,(H,23,29)(H,25,31). The normalized spacial score (nSPS) is 22.5. The molecule has 2 N–H and O–H groups in total. The first-order valence-electron chi connectivity index (χ1n) is 10.4. The number of hydrogen-bond donors (Lipinski definition) is 2. The molecule has 168 valence electrons. The van der Waals surface area contributed by atoms with E-state index in [1.807, 2.05) is 44.2 Å². The van der Waals surface area contributed by atoms with E-state index < -0.39 is 23.5 Å². The molecule has 1 aromatic carbocycles. The maximum atomic E-state index is 13.0. The summed E-state index contributed by atoms with van der Waals surface area (Å²) < 4.78 is 5.20. The van der Waals surface area contributed by atoms with Crippen molar-refractivity contribution in [2.24, 2.45) is 5.10 Å². The zero-order chi connectivity index (χ0) is 22.9. The summed E-state index contributed by atoms with van der Waals surface area (Å²) in [6.07, 6.45) is 1.48. The Labute approximate surface area is 185 Å². The highest BCUT2D eigenvalue weighted by atomic mass is 16.5. The molecule has 10 nitrogen and oxygen atoms in total. The van der Waals surface area contributed by atoms with Gasteiger partial charge in [-0.05, 0) is 26.3 Å². The van der Waals surface area contributed by atoms with Crippen LogP contribution in [0.25, 0.3) is 0 Å². The van der Waals surface area contributed by atoms with Crippen molar-refractivity contribution in [2.75, 3.05) is 6.54 Å². The van der Waals surface area contributed by atoms with Gasteiger partial charge in [-0.2, -0.15) is 5.10 Å². The number of rotatable bonds is 7. The van der Waals surface area contributed by atoms with Crippen molar-refractivity contribution < 1.29 is 18.9 Å². The van der Waals surface area contributed by atoms with Gasteiger partial charge in [0, 0.05) is 12.1 Å². The molecule has 2 aliphatic rings. The molecule has 10 heteroatoms. The van der Waals surface area contributed by atoms with E-state index in [0.717, 1.165) is 16.8 Å². The molecule has 2 atom stereocenters. The fourth-order valence-electron chi connectivity index (χ4n) is 4.00. The molecule has 1 saturated heterocycles. The Bertz CT molecular complexity index is 1050. The monoisotopic (exact) mass is 438 g/mol. The highest BCUT2D eigenvalue weighted by Crippen LogP contribution is 2.27. The third kappa shape index (κ3) is 4.20. The van der Waals surface area contributed by atoms with Gasteiger partial charge in [0.2, 0.25) is 5.91 Å². The number of aromatic nitrogens is 1. The Hall–Kier alpha value is -3.69. The molecule has 0 saturated carbocycles. The second-order valence-electron chi connectivity index (χ2n) is 8.37. The van der Waals surface area contributed by atoms with Crippen molar-refractivity contribution in [1.29, 1.82) is 0 Å². The number of hydrogen-bond acceptors (Lipinski definition) is 7. The quantitative estimate of drug-likeness (QED) is 0.632. The molecule has 0 aliphatic carbocycles. The molecule has 4 amide bonds. The molecule has 0 bridgehead atoms. The van der Waals surface area contributed by atoms with Gasteiger partial charge in [0.25, 0.3) is 5.91 Å². The van der Waals surface area contributed by atoms with Gasteiger partial charge in [-0.25, -0.2) is 9.69 Å². The van der Waals surface area contributed by atoms with Gasteiger partial charge in [0.15, 0.2) is 0 Å². The van der Waals surface area contributed by atoms with Crippen LogP contribution in [0.5, 0.6) is 0 Å². The van der Waals surface area contributed by atoms with E-state index in [1.54, 1.807) is 18.1 Å². The second kappa shape index (κ2) is 8.45. The summed E-state index contributed by atoms with van der Waals surface area (Å²) in [6.45, 7) is 6.62. The van der Waals surface area contributed by atoms with Crippen LogP contribution in [-0.2, 0) is 22.7 Å². The van der Waals surface area contributed by atoms with Crippen LogP contribution in [0.1, 0.15) is 35.9 Å². The molecule has 4 rings (SSSR count). The van der Waals surface area contributed by atoms with Crippen molar-refractivity contribution >= 4 is 24.1 Å². The molecular formula is C22H26N6O4. The molecule has 1 aromatic heterocycles. The third-order valence-electron chi connectivity index (χ3n) is 5.78. The van der Waals surface area contributed by atoms with E-state index in [4.69, 9.17) is 4.52 Å². The van der Waals surface area contributed by atoms with E-state index in [1.165, 1.54) is 4.90 Å². The summed E-state index contributed by atoms with van der Waals surface area (Å²) in [6, 6.07) is 8.05. The van der Waals surface area contributed by atoms with Gasteiger partial charge in [-0.1, -0.05) is 35.5 Å². The molecule has 2 aliphatic heterocycles. The Morgan fingerprint density at radius 2 is 2.03 bits per heavy atom. The first-order chi connectivity index (χ1) is 15.3. The Balaban J connectivity index is 1.36. The van der Waals surface area contributed by atoms with Gasteiger partial charge in [0.1, 0.15) is 17.3 Å². The number of carbonyl (C=O) groups is 3. The number of urea groups is 1. The SMILES string of the molecule is Cc1noc(C)c1CN1CC(C)(N2C(=O)NC(CC(=O)NCc3ccccc3)C2=O)C=N1. The van der Waals surface area contributed by atoms with Gasteiger partial charge >= 0.3 is 6.03 Å². The minimum absolute atomic E-state index is 0.121. The highest BCUT2D eigenvalue weighted by Gasteiger charge is 2.50. The fraction of sp³-hybridized carbons (Fsp3) is 0.409. The number of nitrogens with zero attached hydrogens (tertiary/aromatic N) is 4. The van der Waals surface area contributed by atoms with Gasteiger partial charge in [0.05, 0.1) is 31.4 Å². The van der Waals surface area contributed by atoms with E-state index in [9.17, 15) is 14.4 Å². The predicted octanol–water partition coefficient (Wildman–Crippen LogP) is 1.48. The lowest BCUT2D eigenvalue weighted by atomic mass is 10.0. The Morgan fingerprint density at radius 1 is 1.28 bits per heavy atom. The number of aryl methyl sites for hydroxylation is 2. The Kier molecular flexibility index (Phi) is 5.68. The molecule has 0 radical (unpaired) electrons. The van der Waals surface area contributed by atoms with Crippen LogP contribution in [0.3, 0.4) is 0 Å². The largest absolute Gasteiger partial charge is 0.361 e. The van der Waals surface area contributed by atoms with Crippen LogP contribution in [0, 0.1) is 13.8 Å². The van der Waals surface area contributed by atoms with Crippen molar-refractivity contribution in [3.05, 3.63) is 52.9 Å². The lowest BCUT2D eigenvalue weighted by Gasteiger charge is -2.31. The zero-order valence-corrected chi connectivity index (χ0v) is 18.3. The zero-order valence-electron chi connectivity index (χ0n) is 18.3. The van der Waals surface area contributed by atoms with Crippen LogP contribution in [-0.4, -0.2) is 57.3 Å². The van der Waals surface area contributed by atoms with E-state index in [2.05, 4.69) is 20.9 Å². The van der Waals surface area contributed by atoms with E-state index >= 15 is 0 Å².